The summed E-state index contributed by atoms with van der Waals surface area (Å²) < 4.78 is 50.8. The van der Waals surface area contributed by atoms with E-state index in [1.165, 1.54) is 17.8 Å². The molecular weight excluding hydrogens is 974 g/mol. The highest BCUT2D eigenvalue weighted by atomic mass is 35.5. The number of pyridine rings is 4. The molecule has 4 aromatic heterocycles. The van der Waals surface area contributed by atoms with E-state index in [9.17, 15) is 4.39 Å². The van der Waals surface area contributed by atoms with Crippen molar-refractivity contribution in [1.82, 2.24) is 19.9 Å². The number of para-hydroxylation sites is 2. The summed E-state index contributed by atoms with van der Waals surface area (Å²) in [5, 5.41) is 5.60. The molecule has 17 heteroatoms. The molecule has 12 rings (SSSR count). The van der Waals surface area contributed by atoms with Gasteiger partial charge in [-0.25, -0.2) is 18.7 Å². The number of nitrogens with two attached hydrogens (primary N) is 1. The first-order chi connectivity index (χ1) is 36.7. The fourth-order valence-electron chi connectivity index (χ4n) is 9.83. The number of nitrogens with zero attached hydrogens (tertiary/aromatic N) is 8. The van der Waals surface area contributed by atoms with Gasteiger partial charge in [0.25, 0.3) is 0 Å². The van der Waals surface area contributed by atoms with Crippen LogP contribution in [0.1, 0.15) is 11.1 Å². The van der Waals surface area contributed by atoms with Crippen molar-refractivity contribution in [2.24, 2.45) is 0 Å². The quantitative estimate of drug-likeness (QED) is 0.140. The standard InChI is InChI=1S/C29H30FN5O2.C15H10ClFN2.C14H21N3O2/c1-20-27(22-5-4-6-23(30)29(22)33-28(20)24-7-2-3-10-31-24)32-25-19-21(34-11-15-36-16-12-34)8-9-26(25)35-13-17-37-18-14-35;1-9-13(16)10-5-4-6-11(17)15(10)19-14(9)12-7-2-3-8-18-12;15-13-11-12(16-3-7-18-8-4-16)1-2-14(13)17-5-9-19-10-6-17/h2-10,19H,11-18H2,1H3,(H,32,33);2-8H,1H3;1-2,11H,3-10,15H2. The zero-order valence-electron chi connectivity index (χ0n) is 42.3. The van der Waals surface area contributed by atoms with Crippen molar-refractivity contribution >= 4 is 73.2 Å². The van der Waals surface area contributed by atoms with E-state index in [2.05, 4.69) is 76.3 Å². The SMILES string of the molecule is Cc1c(-c2ccccn2)nc2c(F)cccc2c1Cl.Cc1c(-c2ccccn2)nc2c(F)cccc2c1Nc1cc(N2CCOCC2)ccc1N1CCOCC1.Nc1cc(N2CCOCC2)ccc1N1CCOCC1. The summed E-state index contributed by atoms with van der Waals surface area (Å²) in [6, 6.07) is 34.0. The molecule has 0 radical (unpaired) electrons. The lowest BCUT2D eigenvalue weighted by Gasteiger charge is -2.33. The van der Waals surface area contributed by atoms with Gasteiger partial charge in [-0.2, -0.15) is 0 Å². The Balaban J connectivity index is 0.000000142. The van der Waals surface area contributed by atoms with Gasteiger partial charge in [-0.1, -0.05) is 48.0 Å². The van der Waals surface area contributed by atoms with Gasteiger partial charge in [0.05, 0.1) is 109 Å². The van der Waals surface area contributed by atoms with Gasteiger partial charge in [0.1, 0.15) is 22.7 Å². The Hall–Kier alpha value is -7.21. The van der Waals surface area contributed by atoms with Crippen LogP contribution >= 0.6 is 11.6 Å². The third-order valence-electron chi connectivity index (χ3n) is 13.9. The summed E-state index contributed by atoms with van der Waals surface area (Å²) in [6.45, 7) is 16.9. The third-order valence-corrected chi connectivity index (χ3v) is 14.4. The highest BCUT2D eigenvalue weighted by Crippen LogP contribution is 2.40. The van der Waals surface area contributed by atoms with Crippen LogP contribution in [0.25, 0.3) is 44.6 Å². The van der Waals surface area contributed by atoms with Crippen molar-refractivity contribution < 1.29 is 27.7 Å². The van der Waals surface area contributed by atoms with E-state index >= 15 is 4.39 Å². The smallest absolute Gasteiger partial charge is 0.149 e. The lowest BCUT2D eigenvalue weighted by Crippen LogP contribution is -2.37. The molecular formula is C58H61ClF2N10O4. The molecule has 4 saturated heterocycles. The van der Waals surface area contributed by atoms with E-state index < -0.39 is 0 Å². The minimum atomic E-state index is -0.378. The summed E-state index contributed by atoms with van der Waals surface area (Å²) in [5.74, 6) is -0.732. The van der Waals surface area contributed by atoms with E-state index in [4.69, 9.17) is 41.3 Å². The van der Waals surface area contributed by atoms with E-state index in [0.29, 0.717) is 51.9 Å². The predicted octanol–water partition coefficient (Wildman–Crippen LogP) is 10.5. The van der Waals surface area contributed by atoms with Crippen LogP contribution < -0.4 is 30.7 Å². The Bertz CT molecular complexity index is 3230. The number of hydrogen-bond acceptors (Lipinski definition) is 14. The van der Waals surface area contributed by atoms with E-state index in [1.807, 2.05) is 56.3 Å². The van der Waals surface area contributed by atoms with Crippen LogP contribution in [0.5, 0.6) is 0 Å². The molecule has 0 bridgehead atoms. The van der Waals surface area contributed by atoms with Crippen LogP contribution in [0.15, 0.2) is 122 Å². The van der Waals surface area contributed by atoms with Gasteiger partial charge in [0, 0.05) is 92.5 Å². The fraction of sp³-hybridized carbons (Fsp3) is 0.310. The topological polar surface area (TPSA) is 139 Å². The zero-order valence-corrected chi connectivity index (χ0v) is 43.0. The van der Waals surface area contributed by atoms with Crippen molar-refractivity contribution in [2.45, 2.75) is 13.8 Å². The van der Waals surface area contributed by atoms with Gasteiger partial charge in [-0.3, -0.25) is 9.97 Å². The van der Waals surface area contributed by atoms with Crippen molar-refractivity contribution in [3.05, 3.63) is 149 Å². The van der Waals surface area contributed by atoms with Gasteiger partial charge in [0.2, 0.25) is 0 Å². The van der Waals surface area contributed by atoms with Gasteiger partial charge in [-0.15, -0.1) is 0 Å². The van der Waals surface area contributed by atoms with Crippen molar-refractivity contribution in [2.75, 3.05) is 136 Å². The van der Waals surface area contributed by atoms with E-state index in [-0.39, 0.29) is 17.2 Å². The Morgan fingerprint density at radius 3 is 1.47 bits per heavy atom. The number of halogens is 3. The van der Waals surface area contributed by atoms with Crippen molar-refractivity contribution in [1.29, 1.82) is 0 Å². The van der Waals surface area contributed by atoms with Gasteiger partial charge < -0.3 is 49.6 Å². The molecule has 388 valence electrons. The monoisotopic (exact) mass is 1030 g/mol. The maximum Gasteiger partial charge on any atom is 0.149 e. The van der Waals surface area contributed by atoms with Crippen LogP contribution in [0.4, 0.5) is 48.6 Å². The molecule has 0 unspecified atom stereocenters. The van der Waals surface area contributed by atoms with Crippen molar-refractivity contribution in [3.63, 3.8) is 0 Å². The van der Waals surface area contributed by atoms with Gasteiger partial charge in [0.15, 0.2) is 0 Å². The number of nitrogen functional groups attached to an aromatic ring is 1. The highest BCUT2D eigenvalue weighted by molar-refractivity contribution is 6.36. The normalized spacial score (nSPS) is 16.0. The largest absolute Gasteiger partial charge is 0.397 e. The Labute approximate surface area is 441 Å². The second-order valence-electron chi connectivity index (χ2n) is 18.5. The maximum absolute atomic E-state index is 15.1. The summed E-state index contributed by atoms with van der Waals surface area (Å²) in [5.41, 5.74) is 18.4. The first kappa shape index (κ1) is 51.3. The number of hydrogen-bond donors (Lipinski definition) is 2. The summed E-state index contributed by atoms with van der Waals surface area (Å²) in [4.78, 5) is 27.2. The number of morpholine rings is 4. The first-order valence-corrected chi connectivity index (χ1v) is 25.9. The van der Waals surface area contributed by atoms with Crippen molar-refractivity contribution in [3.8, 4) is 22.8 Å². The highest BCUT2D eigenvalue weighted by Gasteiger charge is 2.23. The minimum absolute atomic E-state index is 0.277. The Kier molecular flexibility index (Phi) is 16.4. The number of benzene rings is 4. The number of nitrogens with one attached hydrogen (secondary N) is 1. The molecule has 0 saturated carbocycles. The van der Waals surface area contributed by atoms with Gasteiger partial charge in [-0.05, 0) is 92.2 Å². The van der Waals surface area contributed by atoms with E-state index in [0.717, 1.165) is 143 Å². The molecule has 0 atom stereocenters. The summed E-state index contributed by atoms with van der Waals surface area (Å²) in [6.07, 6.45) is 3.41. The second kappa shape index (κ2) is 24.0. The van der Waals surface area contributed by atoms with E-state index in [1.54, 1.807) is 30.6 Å². The molecule has 4 aliphatic rings. The summed E-state index contributed by atoms with van der Waals surface area (Å²) >= 11 is 6.32. The average molecular weight is 1040 g/mol. The molecule has 0 amide bonds. The molecule has 3 N–H and O–H groups in total. The third kappa shape index (κ3) is 11.7. The number of ether oxygens (including phenoxy) is 4. The molecule has 0 spiro atoms. The average Bonchev–Trinajstić information content (AvgIpc) is 3.47. The Morgan fingerprint density at radius 1 is 0.507 bits per heavy atom. The zero-order chi connectivity index (χ0) is 51.7. The first-order valence-electron chi connectivity index (χ1n) is 25.5. The Morgan fingerprint density at radius 2 is 0.960 bits per heavy atom. The number of aromatic nitrogens is 4. The molecule has 4 fully saturated rings. The summed E-state index contributed by atoms with van der Waals surface area (Å²) in [7, 11) is 0. The number of anilines is 7. The van der Waals surface area contributed by atoms with Gasteiger partial charge >= 0.3 is 0 Å². The van der Waals surface area contributed by atoms with Crippen LogP contribution in [-0.4, -0.2) is 125 Å². The van der Waals surface area contributed by atoms with Crippen LogP contribution in [0.2, 0.25) is 5.02 Å². The van der Waals surface area contributed by atoms with Crippen LogP contribution in [0, 0.1) is 25.5 Å². The molecule has 14 nitrogen and oxygen atoms in total. The lowest BCUT2D eigenvalue weighted by molar-refractivity contribution is 0.122. The molecule has 8 aromatic rings. The van der Waals surface area contributed by atoms with Crippen LogP contribution in [-0.2, 0) is 18.9 Å². The second-order valence-corrected chi connectivity index (χ2v) is 18.9. The lowest BCUT2D eigenvalue weighted by atomic mass is 10.0. The molecule has 4 aromatic carbocycles. The van der Waals surface area contributed by atoms with Crippen LogP contribution in [0.3, 0.4) is 0 Å². The molecule has 4 aliphatic heterocycles. The molecule has 75 heavy (non-hydrogen) atoms. The minimum Gasteiger partial charge on any atom is -0.397 e. The number of fused-ring (bicyclic) bond motifs is 2. The maximum atomic E-state index is 15.1. The molecule has 0 aliphatic carbocycles. The predicted molar refractivity (Wildman–Crippen MR) is 297 cm³/mol. The fourth-order valence-corrected chi connectivity index (χ4v) is 10.1. The molecule has 8 heterocycles. The number of rotatable bonds is 8.